The van der Waals surface area contributed by atoms with Crippen molar-refractivity contribution in [3.63, 3.8) is 0 Å². The standard InChI is InChI=1S/C4H9S3.Li/c1-5-4(6-2)7-3;/h1-3H3;. The third-order valence-electron chi connectivity index (χ3n) is 1.11. The third kappa shape index (κ3) is 2.98. The molecule has 0 saturated heterocycles. The molecule has 44 valence electrons. The summed E-state index contributed by atoms with van der Waals surface area (Å²) >= 11 is 7.94. The molecule has 0 amide bonds. The summed E-state index contributed by atoms with van der Waals surface area (Å²) in [6.07, 6.45) is 6.44. The predicted molar refractivity (Wildman–Crippen MR) is 49.0 cm³/mol. The second-order valence-corrected chi connectivity index (χ2v) is 5.92. The molecule has 0 unspecified atom stereocenters. The van der Waals surface area contributed by atoms with Crippen LogP contribution in [0.3, 0.4) is 0 Å². The first-order chi connectivity index (χ1) is 3.68. The summed E-state index contributed by atoms with van der Waals surface area (Å²) in [6.45, 7) is 0. The first kappa shape index (κ1) is 9.65. The van der Waals surface area contributed by atoms with Gasteiger partial charge in [0.2, 0.25) is 0 Å². The van der Waals surface area contributed by atoms with Gasteiger partial charge in [0.05, 0.1) is 0 Å². The van der Waals surface area contributed by atoms with Crippen LogP contribution in [0.1, 0.15) is 0 Å². The average molecular weight is 160 g/mol. The van der Waals surface area contributed by atoms with Crippen molar-refractivity contribution in [3.8, 4) is 0 Å². The third-order valence-corrected chi connectivity index (χ3v) is 6.34. The molecule has 0 N–H and O–H groups in total. The van der Waals surface area contributed by atoms with E-state index in [-0.39, 0.29) is 0 Å². The quantitative estimate of drug-likeness (QED) is 0.457. The van der Waals surface area contributed by atoms with Gasteiger partial charge < -0.3 is 0 Å². The van der Waals surface area contributed by atoms with Gasteiger partial charge in [-0.25, -0.2) is 0 Å². The van der Waals surface area contributed by atoms with E-state index < -0.39 is 0 Å². The summed E-state index contributed by atoms with van der Waals surface area (Å²) in [5, 5.41) is 0. The molecule has 0 aromatic heterocycles. The molecule has 0 radical (unpaired) electrons. The van der Waals surface area contributed by atoms with E-state index in [4.69, 9.17) is 0 Å². The fraction of sp³-hybridized carbons (Fsp3) is 1.00. The SMILES string of the molecule is [Li][C](SC)(SC)SC. The Morgan fingerprint density at radius 3 is 1.25 bits per heavy atom. The van der Waals surface area contributed by atoms with Crippen LogP contribution in [0.4, 0.5) is 0 Å². The average Bonchev–Trinajstić information content (AvgIpc) is 1.87. The first-order valence-electron chi connectivity index (χ1n) is 2.34. The van der Waals surface area contributed by atoms with Crippen LogP contribution in [0.2, 0.25) is 0 Å². The van der Waals surface area contributed by atoms with Gasteiger partial charge in [0.15, 0.2) is 0 Å². The van der Waals surface area contributed by atoms with Gasteiger partial charge in [-0.1, -0.05) is 0 Å². The van der Waals surface area contributed by atoms with Crippen LogP contribution in [0.25, 0.3) is 0 Å². The van der Waals surface area contributed by atoms with Gasteiger partial charge >= 0.3 is 73.9 Å². The van der Waals surface area contributed by atoms with Crippen LogP contribution < -0.4 is 0 Å². The van der Waals surface area contributed by atoms with Gasteiger partial charge in [-0.05, 0) is 0 Å². The zero-order valence-electron chi connectivity index (χ0n) is 5.72. The Labute approximate surface area is 73.5 Å². The van der Waals surface area contributed by atoms with E-state index in [0.29, 0.717) is 2.08 Å². The van der Waals surface area contributed by atoms with Crippen LogP contribution in [0.5, 0.6) is 0 Å². The van der Waals surface area contributed by atoms with E-state index in [1.165, 1.54) is 0 Å². The Kier molecular flexibility index (Phi) is 5.38. The van der Waals surface area contributed by atoms with Gasteiger partial charge in [0.1, 0.15) is 0 Å². The first-order valence-corrected chi connectivity index (χ1v) is 6.01. The van der Waals surface area contributed by atoms with E-state index in [1.807, 2.05) is 35.3 Å². The molecule has 0 rings (SSSR count). The zero-order valence-corrected chi connectivity index (χ0v) is 8.17. The molecule has 0 aromatic carbocycles. The van der Waals surface area contributed by atoms with Crippen molar-refractivity contribution in [2.45, 2.75) is 2.08 Å². The summed E-state index contributed by atoms with van der Waals surface area (Å²) in [5.74, 6) is 0. The molecule has 0 spiro atoms. The molecule has 0 bridgehead atoms. The van der Waals surface area contributed by atoms with E-state index in [1.54, 1.807) is 0 Å². The molecule has 8 heavy (non-hydrogen) atoms. The maximum absolute atomic E-state index is 2.24. The Morgan fingerprint density at radius 1 is 1.00 bits per heavy atom. The van der Waals surface area contributed by atoms with Gasteiger partial charge in [-0.15, -0.1) is 0 Å². The molecule has 0 aliphatic rings. The van der Waals surface area contributed by atoms with E-state index >= 15 is 0 Å². The topological polar surface area (TPSA) is 0 Å². The maximum atomic E-state index is 2.24. The van der Waals surface area contributed by atoms with Crippen molar-refractivity contribution in [1.29, 1.82) is 0 Å². The molecule has 0 heterocycles. The minimum absolute atomic E-state index is 0.375. The monoisotopic (exact) mass is 160 g/mol. The molecule has 0 aliphatic heterocycles. The number of rotatable bonds is 3. The van der Waals surface area contributed by atoms with Crippen LogP contribution in [0, 0.1) is 0 Å². The summed E-state index contributed by atoms with van der Waals surface area (Å²) < 4.78 is 0.375. The number of hydrogen-bond acceptors (Lipinski definition) is 3. The minimum atomic E-state index is 0.375. The van der Waals surface area contributed by atoms with Crippen molar-refractivity contribution in [3.05, 3.63) is 0 Å². The van der Waals surface area contributed by atoms with Crippen molar-refractivity contribution < 1.29 is 0 Å². The Bertz CT molecular complexity index is 54.0. The molecule has 0 aromatic rings. The zero-order chi connectivity index (χ0) is 6.62. The Hall–Kier alpha value is 1.65. The predicted octanol–water partition coefficient (Wildman–Crippen LogP) is 1.86. The molecule has 0 atom stereocenters. The molecule has 0 saturated carbocycles. The van der Waals surface area contributed by atoms with Crippen LogP contribution in [-0.4, -0.2) is 38.6 Å². The second-order valence-electron chi connectivity index (χ2n) is 1.47. The summed E-state index contributed by atoms with van der Waals surface area (Å²) in [7, 11) is 0. The van der Waals surface area contributed by atoms with Gasteiger partial charge in [0, 0.05) is 0 Å². The summed E-state index contributed by atoms with van der Waals surface area (Å²) in [5.41, 5.74) is 0. The molecular weight excluding hydrogens is 151 g/mol. The number of hydrogen-bond donors (Lipinski definition) is 0. The van der Waals surface area contributed by atoms with Crippen LogP contribution >= 0.6 is 35.3 Å². The van der Waals surface area contributed by atoms with Crippen molar-refractivity contribution in [1.82, 2.24) is 0 Å². The second kappa shape index (κ2) is 4.46. The van der Waals surface area contributed by atoms with Crippen LogP contribution in [0.15, 0.2) is 0 Å². The molecule has 4 heteroatoms. The van der Waals surface area contributed by atoms with Crippen LogP contribution in [-0.2, 0) is 0 Å². The Morgan fingerprint density at radius 2 is 1.25 bits per heavy atom. The molecule has 0 fully saturated rings. The molecule has 0 nitrogen and oxygen atoms in total. The van der Waals surface area contributed by atoms with Crippen molar-refractivity contribution >= 4 is 53.0 Å². The van der Waals surface area contributed by atoms with E-state index in [2.05, 4.69) is 36.5 Å². The fourth-order valence-corrected chi connectivity index (χ4v) is 2.25. The number of thioether (sulfide) groups is 3. The fourth-order valence-electron chi connectivity index (χ4n) is 0.250. The van der Waals surface area contributed by atoms with E-state index in [0.717, 1.165) is 0 Å². The van der Waals surface area contributed by atoms with Gasteiger partial charge in [-0.3, -0.25) is 0 Å². The van der Waals surface area contributed by atoms with Gasteiger partial charge in [-0.2, -0.15) is 0 Å². The normalized spacial score (nSPS) is 12.1. The molecule has 0 aliphatic carbocycles. The van der Waals surface area contributed by atoms with Gasteiger partial charge in [0.25, 0.3) is 0 Å². The van der Waals surface area contributed by atoms with E-state index in [9.17, 15) is 0 Å². The van der Waals surface area contributed by atoms with Crippen molar-refractivity contribution in [2.75, 3.05) is 18.8 Å². The summed E-state index contributed by atoms with van der Waals surface area (Å²) in [6, 6.07) is 0. The Balaban J connectivity index is 3.58. The van der Waals surface area contributed by atoms with Crippen molar-refractivity contribution in [2.24, 2.45) is 0 Å². The summed E-state index contributed by atoms with van der Waals surface area (Å²) in [4.78, 5) is 0. The molecular formula is C4H9LiS3.